The number of nitrogens with zero attached hydrogens (tertiary/aromatic N) is 3. The van der Waals surface area contributed by atoms with Crippen LogP contribution in [0.15, 0.2) is 90.3 Å². The van der Waals surface area contributed by atoms with E-state index in [-0.39, 0.29) is 17.6 Å². The SMILES string of the molecule is COc1ccc(C2C(C(=O)c3ccc(C#N)cc3)C(c3ccccc3)N(C(=O)c3cccs3)C2C(=O)N2CCNCC2)cc1OC. The van der Waals surface area contributed by atoms with Crippen LogP contribution in [0, 0.1) is 17.2 Å². The second kappa shape index (κ2) is 13.6. The Kier molecular flexibility index (Phi) is 9.15. The fourth-order valence-corrected chi connectivity index (χ4v) is 7.38. The molecule has 4 aromatic rings. The van der Waals surface area contributed by atoms with E-state index in [0.717, 1.165) is 5.56 Å². The maximum Gasteiger partial charge on any atom is 0.265 e. The zero-order chi connectivity index (χ0) is 32.2. The van der Waals surface area contributed by atoms with Crippen LogP contribution in [0.1, 0.15) is 48.7 Å². The molecule has 1 N–H and O–H groups in total. The van der Waals surface area contributed by atoms with Gasteiger partial charge in [0.1, 0.15) is 6.04 Å². The summed E-state index contributed by atoms with van der Waals surface area (Å²) < 4.78 is 11.2. The number of nitrogens with one attached hydrogen (secondary N) is 1. The number of ketones is 1. The number of amides is 2. The van der Waals surface area contributed by atoms with Crippen molar-refractivity contribution in [2.24, 2.45) is 5.92 Å². The number of hydrogen-bond acceptors (Lipinski definition) is 8. The molecular weight excluding hydrogens is 600 g/mol. The third kappa shape index (κ3) is 5.75. The largest absolute Gasteiger partial charge is 0.493 e. The van der Waals surface area contributed by atoms with Gasteiger partial charge in [0, 0.05) is 37.7 Å². The summed E-state index contributed by atoms with van der Waals surface area (Å²) in [6.45, 7) is 2.24. The first-order valence-electron chi connectivity index (χ1n) is 15.1. The van der Waals surface area contributed by atoms with E-state index in [9.17, 15) is 19.6 Å². The Morgan fingerprint density at radius 2 is 1.59 bits per heavy atom. The van der Waals surface area contributed by atoms with Crippen LogP contribution in [0.25, 0.3) is 0 Å². The molecule has 4 atom stereocenters. The van der Waals surface area contributed by atoms with E-state index in [2.05, 4.69) is 11.4 Å². The number of methoxy groups -OCH3 is 2. The molecule has 0 aliphatic carbocycles. The first-order valence-corrected chi connectivity index (χ1v) is 16.0. The van der Waals surface area contributed by atoms with E-state index in [0.29, 0.717) is 59.2 Å². The van der Waals surface area contributed by atoms with E-state index in [1.165, 1.54) is 11.3 Å². The molecular formula is C36H34N4O5S. The Bertz CT molecular complexity index is 1750. The minimum absolute atomic E-state index is 0.206. The summed E-state index contributed by atoms with van der Waals surface area (Å²) in [7, 11) is 3.09. The summed E-state index contributed by atoms with van der Waals surface area (Å²) in [5.41, 5.74) is 2.26. The lowest BCUT2D eigenvalue weighted by molar-refractivity contribution is -0.136. The molecule has 9 nitrogen and oxygen atoms in total. The van der Waals surface area contributed by atoms with Gasteiger partial charge in [-0.05, 0) is 46.8 Å². The first kappa shape index (κ1) is 31.0. The van der Waals surface area contributed by atoms with Gasteiger partial charge in [-0.15, -0.1) is 11.3 Å². The van der Waals surface area contributed by atoms with Crippen molar-refractivity contribution in [1.29, 1.82) is 5.26 Å². The zero-order valence-corrected chi connectivity index (χ0v) is 26.4. The van der Waals surface area contributed by atoms with Crippen LogP contribution < -0.4 is 14.8 Å². The molecule has 0 spiro atoms. The minimum Gasteiger partial charge on any atom is -0.493 e. The highest BCUT2D eigenvalue weighted by molar-refractivity contribution is 7.12. The lowest BCUT2D eigenvalue weighted by Gasteiger charge is -2.36. The Balaban J connectivity index is 1.62. The number of piperazine rings is 1. The molecule has 2 amide bonds. The van der Waals surface area contributed by atoms with Crippen LogP contribution in [-0.4, -0.2) is 73.8 Å². The van der Waals surface area contributed by atoms with E-state index in [4.69, 9.17) is 9.47 Å². The Morgan fingerprint density at radius 1 is 0.870 bits per heavy atom. The van der Waals surface area contributed by atoms with Crippen molar-refractivity contribution in [3.8, 4) is 17.6 Å². The number of hydrogen-bond donors (Lipinski definition) is 1. The molecule has 2 aliphatic heterocycles. The van der Waals surface area contributed by atoms with Crippen molar-refractivity contribution < 1.29 is 23.9 Å². The van der Waals surface area contributed by atoms with Crippen LogP contribution in [0.3, 0.4) is 0 Å². The standard InChI is InChI=1S/C36H34N4O5S/c1-44-27-15-14-26(21-28(27)45-2)30-31(34(41)25-12-10-23(22-37)11-13-25)32(24-7-4-3-5-8-24)40(35(42)29-9-6-20-46-29)33(30)36(43)39-18-16-38-17-19-39/h3-15,20-21,30-33,38H,16-19H2,1-2H3. The van der Waals surface area contributed by atoms with E-state index < -0.39 is 23.9 Å². The number of carbonyl (C=O) groups excluding carboxylic acids is 3. The summed E-state index contributed by atoms with van der Waals surface area (Å²) in [6, 6.07) is 25.3. The van der Waals surface area contributed by atoms with Gasteiger partial charge in [-0.3, -0.25) is 14.4 Å². The molecule has 1 aromatic heterocycles. The fourth-order valence-electron chi connectivity index (χ4n) is 6.71. The van der Waals surface area contributed by atoms with Gasteiger partial charge >= 0.3 is 0 Å². The third-order valence-corrected chi connectivity index (χ3v) is 9.71. The predicted molar refractivity (Wildman–Crippen MR) is 174 cm³/mol. The van der Waals surface area contributed by atoms with Crippen LogP contribution in [0.5, 0.6) is 11.5 Å². The topological polar surface area (TPSA) is 112 Å². The van der Waals surface area contributed by atoms with Gasteiger partial charge in [0.2, 0.25) is 5.91 Å². The number of benzene rings is 3. The quantitative estimate of drug-likeness (QED) is 0.274. The molecule has 0 saturated carbocycles. The number of nitriles is 1. The maximum atomic E-state index is 14.9. The van der Waals surface area contributed by atoms with Crippen LogP contribution in [-0.2, 0) is 4.79 Å². The van der Waals surface area contributed by atoms with Crippen molar-refractivity contribution in [2.45, 2.75) is 18.0 Å². The lowest BCUT2D eigenvalue weighted by atomic mass is 9.75. The molecule has 46 heavy (non-hydrogen) atoms. The Hall–Kier alpha value is -4.98. The van der Waals surface area contributed by atoms with E-state index in [1.807, 2.05) is 53.9 Å². The third-order valence-electron chi connectivity index (χ3n) is 8.85. The predicted octanol–water partition coefficient (Wildman–Crippen LogP) is 4.92. The molecule has 234 valence electrons. The second-order valence-electron chi connectivity index (χ2n) is 11.3. The molecule has 2 aliphatic rings. The van der Waals surface area contributed by atoms with Gasteiger partial charge < -0.3 is 24.6 Å². The van der Waals surface area contributed by atoms with Crippen molar-refractivity contribution in [3.05, 3.63) is 117 Å². The monoisotopic (exact) mass is 634 g/mol. The number of thiophene rings is 1. The Labute approximate surface area is 272 Å². The fraction of sp³-hybridized carbons (Fsp3) is 0.278. The number of carbonyl (C=O) groups is 3. The second-order valence-corrected chi connectivity index (χ2v) is 12.2. The van der Waals surface area contributed by atoms with Crippen molar-refractivity contribution in [2.75, 3.05) is 40.4 Å². The summed E-state index contributed by atoms with van der Waals surface area (Å²) >= 11 is 1.30. The minimum atomic E-state index is -0.997. The number of rotatable bonds is 8. The molecule has 3 aromatic carbocycles. The number of Topliss-reactive ketones (excluding diaryl/α,β-unsaturated/α-hetero) is 1. The molecule has 4 unspecified atom stereocenters. The van der Waals surface area contributed by atoms with Gasteiger partial charge in [-0.2, -0.15) is 5.26 Å². The summed E-state index contributed by atoms with van der Waals surface area (Å²) in [4.78, 5) is 48.3. The highest BCUT2D eigenvalue weighted by Crippen LogP contribution is 2.53. The normalized spacial score (nSPS) is 21.0. The smallest absolute Gasteiger partial charge is 0.265 e. The van der Waals surface area contributed by atoms with Gasteiger partial charge in [0.05, 0.1) is 42.7 Å². The summed E-state index contributed by atoms with van der Waals surface area (Å²) in [5, 5.41) is 14.5. The van der Waals surface area contributed by atoms with Crippen molar-refractivity contribution >= 4 is 28.9 Å². The summed E-state index contributed by atoms with van der Waals surface area (Å²) in [5.74, 6) is -1.36. The van der Waals surface area contributed by atoms with Gasteiger partial charge in [0.15, 0.2) is 17.3 Å². The lowest BCUT2D eigenvalue weighted by Crippen LogP contribution is -2.54. The van der Waals surface area contributed by atoms with Crippen LogP contribution in [0.2, 0.25) is 0 Å². The van der Waals surface area contributed by atoms with Crippen LogP contribution >= 0.6 is 11.3 Å². The average Bonchev–Trinajstić information content (AvgIpc) is 3.79. The molecule has 0 bridgehead atoms. The van der Waals surface area contributed by atoms with Crippen molar-refractivity contribution in [1.82, 2.24) is 15.1 Å². The van der Waals surface area contributed by atoms with E-state index >= 15 is 0 Å². The van der Waals surface area contributed by atoms with Gasteiger partial charge in [-0.25, -0.2) is 0 Å². The van der Waals surface area contributed by atoms with Gasteiger partial charge in [-0.1, -0.05) is 54.6 Å². The number of ether oxygens (including phenoxy) is 2. The summed E-state index contributed by atoms with van der Waals surface area (Å²) in [6.07, 6.45) is 0. The first-order chi connectivity index (χ1) is 22.5. The van der Waals surface area contributed by atoms with Gasteiger partial charge in [0.25, 0.3) is 5.91 Å². The highest BCUT2D eigenvalue weighted by atomic mass is 32.1. The van der Waals surface area contributed by atoms with Crippen LogP contribution in [0.4, 0.5) is 0 Å². The molecule has 2 fully saturated rings. The maximum absolute atomic E-state index is 14.9. The zero-order valence-electron chi connectivity index (χ0n) is 25.6. The van der Waals surface area contributed by atoms with Crippen molar-refractivity contribution in [3.63, 3.8) is 0 Å². The molecule has 2 saturated heterocycles. The molecule has 3 heterocycles. The Morgan fingerprint density at radius 3 is 2.22 bits per heavy atom. The van der Waals surface area contributed by atoms with E-state index in [1.54, 1.807) is 60.4 Å². The highest BCUT2D eigenvalue weighted by Gasteiger charge is 2.58. The molecule has 6 rings (SSSR count). The number of likely N-dealkylation sites (tertiary alicyclic amines) is 1. The average molecular weight is 635 g/mol. The molecule has 10 heteroatoms. The molecule has 0 radical (unpaired) electrons.